The van der Waals surface area contributed by atoms with Crippen molar-refractivity contribution in [1.29, 1.82) is 0 Å². The van der Waals surface area contributed by atoms with Gasteiger partial charge < -0.3 is 23.5 Å². The van der Waals surface area contributed by atoms with E-state index in [1.165, 1.54) is 19.8 Å². The molecule has 0 saturated heterocycles. The van der Waals surface area contributed by atoms with Crippen molar-refractivity contribution in [3.8, 4) is 11.5 Å². The van der Waals surface area contributed by atoms with Gasteiger partial charge in [-0.2, -0.15) is 0 Å². The number of benzene rings is 2. The van der Waals surface area contributed by atoms with Gasteiger partial charge in [0.25, 0.3) is 0 Å². The lowest BCUT2D eigenvalue weighted by Gasteiger charge is -2.31. The molecule has 0 amide bonds. The van der Waals surface area contributed by atoms with Crippen LogP contribution in [0, 0.1) is 0 Å². The first-order valence-corrected chi connectivity index (χ1v) is 10.7. The van der Waals surface area contributed by atoms with Crippen LogP contribution in [0.3, 0.4) is 0 Å². The summed E-state index contributed by atoms with van der Waals surface area (Å²) in [6.45, 7) is 4.40. The number of rotatable bonds is 6. The number of aromatic nitrogens is 1. The fourth-order valence-electron chi connectivity index (χ4n) is 3.74. The van der Waals surface area contributed by atoms with Gasteiger partial charge >= 0.3 is 11.9 Å². The molecule has 2 heterocycles. The van der Waals surface area contributed by atoms with Gasteiger partial charge in [0, 0.05) is 11.3 Å². The van der Waals surface area contributed by atoms with Gasteiger partial charge in [-0.15, -0.1) is 0 Å². The predicted molar refractivity (Wildman–Crippen MR) is 123 cm³/mol. The standard InChI is InChI=1S/C25H26N2O6/c1-5-15(2)17-8-11-21-20(12-17)26-23(33-21)16-6-9-18(10-7-16)27-14-32-13-19(24(28)30-3)22(27)25(29)31-4/h6-12,15H,5,13-14H2,1-4H3. The number of anilines is 1. The van der Waals surface area contributed by atoms with E-state index in [-0.39, 0.29) is 24.6 Å². The van der Waals surface area contributed by atoms with Gasteiger partial charge in [-0.25, -0.2) is 14.6 Å². The fourth-order valence-corrected chi connectivity index (χ4v) is 3.74. The zero-order valence-corrected chi connectivity index (χ0v) is 19.1. The van der Waals surface area contributed by atoms with Crippen LogP contribution >= 0.6 is 0 Å². The largest absolute Gasteiger partial charge is 0.466 e. The Morgan fingerprint density at radius 1 is 1.09 bits per heavy atom. The number of ether oxygens (including phenoxy) is 3. The van der Waals surface area contributed by atoms with Gasteiger partial charge in [-0.3, -0.25) is 0 Å². The summed E-state index contributed by atoms with van der Waals surface area (Å²) in [6, 6.07) is 13.4. The zero-order valence-electron chi connectivity index (χ0n) is 19.1. The van der Waals surface area contributed by atoms with Crippen molar-refractivity contribution in [3.05, 3.63) is 59.3 Å². The Hall–Kier alpha value is -3.65. The number of oxazole rings is 1. The summed E-state index contributed by atoms with van der Waals surface area (Å²) in [5.41, 5.74) is 4.41. The molecule has 1 aliphatic heterocycles. The summed E-state index contributed by atoms with van der Waals surface area (Å²) in [4.78, 5) is 30.9. The molecule has 4 rings (SSSR count). The van der Waals surface area contributed by atoms with Gasteiger partial charge in [0.05, 0.1) is 26.4 Å². The van der Waals surface area contributed by atoms with Gasteiger partial charge in [0.1, 0.15) is 17.9 Å². The molecular weight excluding hydrogens is 424 g/mol. The Balaban J connectivity index is 1.66. The van der Waals surface area contributed by atoms with E-state index in [4.69, 9.17) is 18.6 Å². The highest BCUT2D eigenvalue weighted by Crippen LogP contribution is 2.31. The number of hydrogen-bond acceptors (Lipinski definition) is 8. The molecule has 0 radical (unpaired) electrons. The van der Waals surface area contributed by atoms with Crippen molar-refractivity contribution in [2.24, 2.45) is 0 Å². The minimum atomic E-state index is -0.640. The summed E-state index contributed by atoms with van der Waals surface area (Å²) >= 11 is 0. The average molecular weight is 450 g/mol. The second-order valence-electron chi connectivity index (χ2n) is 7.82. The van der Waals surface area contributed by atoms with E-state index in [2.05, 4.69) is 31.0 Å². The first kappa shape index (κ1) is 22.5. The van der Waals surface area contributed by atoms with E-state index in [0.29, 0.717) is 17.5 Å². The molecule has 0 N–H and O–H groups in total. The van der Waals surface area contributed by atoms with Gasteiger partial charge in [0.15, 0.2) is 5.58 Å². The first-order valence-electron chi connectivity index (χ1n) is 10.7. The van der Waals surface area contributed by atoms with Crippen LogP contribution in [0.4, 0.5) is 5.69 Å². The number of nitrogens with zero attached hydrogens (tertiary/aromatic N) is 2. The Kier molecular flexibility index (Phi) is 6.46. The molecule has 0 saturated carbocycles. The molecule has 0 spiro atoms. The van der Waals surface area contributed by atoms with E-state index in [1.807, 2.05) is 18.2 Å². The maximum absolute atomic E-state index is 12.5. The van der Waals surface area contributed by atoms with E-state index in [0.717, 1.165) is 23.1 Å². The molecule has 3 aromatic rings. The molecular formula is C25H26N2O6. The highest BCUT2D eigenvalue weighted by atomic mass is 16.5. The second kappa shape index (κ2) is 9.46. The molecule has 0 aliphatic carbocycles. The van der Waals surface area contributed by atoms with Crippen molar-refractivity contribution in [2.75, 3.05) is 32.5 Å². The zero-order chi connectivity index (χ0) is 23.5. The third-order valence-corrected chi connectivity index (χ3v) is 5.85. The minimum Gasteiger partial charge on any atom is -0.466 e. The van der Waals surface area contributed by atoms with Gasteiger partial charge in [-0.05, 0) is 54.3 Å². The van der Waals surface area contributed by atoms with Crippen molar-refractivity contribution in [2.45, 2.75) is 26.2 Å². The summed E-state index contributed by atoms with van der Waals surface area (Å²) in [7, 11) is 2.52. The highest BCUT2D eigenvalue weighted by molar-refractivity contribution is 6.03. The number of esters is 2. The summed E-state index contributed by atoms with van der Waals surface area (Å²) in [5, 5.41) is 0. The lowest BCUT2D eigenvalue weighted by Crippen LogP contribution is -2.38. The molecule has 0 bridgehead atoms. The molecule has 33 heavy (non-hydrogen) atoms. The summed E-state index contributed by atoms with van der Waals surface area (Å²) in [5.74, 6) is -0.321. The molecule has 172 valence electrons. The SMILES string of the molecule is CCC(C)c1ccc2oc(-c3ccc(N4COCC(C(=O)OC)=C4C(=O)OC)cc3)nc2c1. The Labute approximate surface area is 191 Å². The molecule has 2 aromatic carbocycles. The van der Waals surface area contributed by atoms with Crippen LogP contribution in [0.15, 0.2) is 58.2 Å². The average Bonchev–Trinajstić information content (AvgIpc) is 3.30. The number of carbonyl (C=O) groups is 2. The van der Waals surface area contributed by atoms with Crippen LogP contribution in [0.1, 0.15) is 31.7 Å². The van der Waals surface area contributed by atoms with E-state index < -0.39 is 11.9 Å². The lowest BCUT2D eigenvalue weighted by atomic mass is 9.98. The van der Waals surface area contributed by atoms with Crippen molar-refractivity contribution in [1.82, 2.24) is 4.98 Å². The Bertz CT molecular complexity index is 1210. The van der Waals surface area contributed by atoms with Gasteiger partial charge in [0.2, 0.25) is 5.89 Å². The van der Waals surface area contributed by atoms with Crippen molar-refractivity contribution in [3.63, 3.8) is 0 Å². The van der Waals surface area contributed by atoms with E-state index in [9.17, 15) is 9.59 Å². The third kappa shape index (κ3) is 4.34. The first-order chi connectivity index (χ1) is 16.0. The predicted octanol–water partition coefficient (Wildman–Crippen LogP) is 4.40. The van der Waals surface area contributed by atoms with Crippen LogP contribution in [0.2, 0.25) is 0 Å². The maximum atomic E-state index is 12.5. The van der Waals surface area contributed by atoms with Crippen LogP contribution in [-0.4, -0.2) is 44.5 Å². The number of hydrogen-bond donors (Lipinski definition) is 0. The lowest BCUT2D eigenvalue weighted by molar-refractivity contribution is -0.140. The molecule has 1 aliphatic rings. The summed E-state index contributed by atoms with van der Waals surface area (Å²) < 4.78 is 21.2. The molecule has 8 heteroatoms. The molecule has 1 atom stereocenters. The second-order valence-corrected chi connectivity index (χ2v) is 7.82. The Morgan fingerprint density at radius 2 is 1.82 bits per heavy atom. The minimum absolute atomic E-state index is 0.0345. The van der Waals surface area contributed by atoms with Crippen LogP contribution in [-0.2, 0) is 23.8 Å². The normalized spacial score (nSPS) is 15.0. The molecule has 1 unspecified atom stereocenters. The third-order valence-electron chi connectivity index (χ3n) is 5.85. The highest BCUT2D eigenvalue weighted by Gasteiger charge is 2.32. The molecule has 0 fully saturated rings. The van der Waals surface area contributed by atoms with Crippen molar-refractivity contribution >= 4 is 28.7 Å². The maximum Gasteiger partial charge on any atom is 0.355 e. The smallest absolute Gasteiger partial charge is 0.355 e. The molecule has 8 nitrogen and oxygen atoms in total. The monoisotopic (exact) mass is 450 g/mol. The summed E-state index contributed by atoms with van der Waals surface area (Å²) in [6.07, 6.45) is 1.05. The number of methoxy groups -OCH3 is 2. The fraction of sp³-hybridized carbons (Fsp3) is 0.320. The van der Waals surface area contributed by atoms with Crippen LogP contribution < -0.4 is 4.90 Å². The van der Waals surface area contributed by atoms with Crippen molar-refractivity contribution < 1.29 is 28.2 Å². The molecule has 1 aromatic heterocycles. The van der Waals surface area contributed by atoms with Crippen LogP contribution in [0.5, 0.6) is 0 Å². The quantitative estimate of drug-likeness (QED) is 0.510. The Morgan fingerprint density at radius 3 is 2.48 bits per heavy atom. The van der Waals surface area contributed by atoms with E-state index in [1.54, 1.807) is 17.0 Å². The van der Waals surface area contributed by atoms with E-state index >= 15 is 0 Å². The number of fused-ring (bicyclic) bond motifs is 1. The topological polar surface area (TPSA) is 91.1 Å². The van der Waals surface area contributed by atoms with Gasteiger partial charge in [-0.1, -0.05) is 19.9 Å². The number of carbonyl (C=O) groups excluding carboxylic acids is 2. The van der Waals surface area contributed by atoms with Crippen LogP contribution in [0.25, 0.3) is 22.6 Å².